The van der Waals surface area contributed by atoms with E-state index in [0.29, 0.717) is 12.8 Å². The van der Waals surface area contributed by atoms with Crippen LogP contribution in [-0.2, 0) is 10.4 Å². The van der Waals surface area contributed by atoms with E-state index in [1.807, 2.05) is 0 Å². The van der Waals surface area contributed by atoms with Crippen LogP contribution in [0.15, 0.2) is 24.3 Å². The van der Waals surface area contributed by atoms with Crippen molar-refractivity contribution in [2.75, 3.05) is 0 Å². The summed E-state index contributed by atoms with van der Waals surface area (Å²) in [5.41, 5.74) is -1.63. The van der Waals surface area contributed by atoms with Gasteiger partial charge in [-0.25, -0.2) is 9.18 Å². The van der Waals surface area contributed by atoms with Gasteiger partial charge >= 0.3 is 5.97 Å². The molecule has 1 atom stereocenters. The lowest BCUT2D eigenvalue weighted by atomic mass is 9.73. The summed E-state index contributed by atoms with van der Waals surface area (Å²) in [6.07, 6.45) is 4.33. The summed E-state index contributed by atoms with van der Waals surface area (Å²) in [6, 6.07) is 5.09. The van der Waals surface area contributed by atoms with Crippen LogP contribution in [0.3, 0.4) is 0 Å². The van der Waals surface area contributed by atoms with Crippen molar-refractivity contribution in [2.45, 2.75) is 37.7 Å². The Hall–Kier alpha value is -1.42. The monoisotopic (exact) mass is 252 g/mol. The zero-order chi connectivity index (χ0) is 13.2. The largest absolute Gasteiger partial charge is 0.479 e. The van der Waals surface area contributed by atoms with Crippen LogP contribution in [0.5, 0.6) is 0 Å². The van der Waals surface area contributed by atoms with Gasteiger partial charge in [-0.3, -0.25) is 0 Å². The van der Waals surface area contributed by atoms with E-state index in [1.165, 1.54) is 24.3 Å². The smallest absolute Gasteiger partial charge is 0.340 e. The minimum Gasteiger partial charge on any atom is -0.479 e. The summed E-state index contributed by atoms with van der Waals surface area (Å²) in [4.78, 5) is 11.5. The molecule has 0 bridgehead atoms. The maximum Gasteiger partial charge on any atom is 0.340 e. The van der Waals surface area contributed by atoms with E-state index in [9.17, 15) is 19.4 Å². The van der Waals surface area contributed by atoms with Gasteiger partial charge < -0.3 is 10.2 Å². The summed E-state index contributed by atoms with van der Waals surface area (Å²) >= 11 is 0. The van der Waals surface area contributed by atoms with Crippen molar-refractivity contribution < 1.29 is 19.4 Å². The van der Waals surface area contributed by atoms with Gasteiger partial charge in [-0.15, -0.1) is 0 Å². The fraction of sp³-hybridized carbons (Fsp3) is 0.500. The molecule has 4 heteroatoms. The van der Waals surface area contributed by atoms with Crippen LogP contribution in [0.4, 0.5) is 4.39 Å². The molecule has 2 N–H and O–H groups in total. The van der Waals surface area contributed by atoms with Gasteiger partial charge in [0.15, 0.2) is 5.60 Å². The number of aliphatic hydroxyl groups is 1. The Kier molecular flexibility index (Phi) is 3.66. The molecule has 2 rings (SSSR count). The topological polar surface area (TPSA) is 57.5 Å². The number of aliphatic carboxylic acids is 1. The zero-order valence-corrected chi connectivity index (χ0v) is 10.1. The second kappa shape index (κ2) is 5.06. The average molecular weight is 252 g/mol. The number of hydrogen-bond acceptors (Lipinski definition) is 2. The first-order valence-corrected chi connectivity index (χ1v) is 6.27. The number of carboxylic acid groups (broad SMARTS) is 1. The molecule has 0 radical (unpaired) electrons. The predicted molar refractivity (Wildman–Crippen MR) is 64.5 cm³/mol. The third-order valence-electron chi connectivity index (χ3n) is 3.81. The van der Waals surface area contributed by atoms with Gasteiger partial charge in [0.2, 0.25) is 0 Å². The van der Waals surface area contributed by atoms with Crippen LogP contribution < -0.4 is 0 Å². The second-order valence-corrected chi connectivity index (χ2v) is 4.91. The maximum atomic E-state index is 12.9. The van der Waals surface area contributed by atoms with E-state index in [2.05, 4.69) is 0 Å². The number of hydrogen-bond donors (Lipinski definition) is 2. The van der Waals surface area contributed by atoms with Gasteiger partial charge in [0.05, 0.1) is 0 Å². The second-order valence-electron chi connectivity index (χ2n) is 4.91. The minimum absolute atomic E-state index is 0.267. The summed E-state index contributed by atoms with van der Waals surface area (Å²) in [7, 11) is 0. The first-order chi connectivity index (χ1) is 8.55. The first kappa shape index (κ1) is 13.0. The first-order valence-electron chi connectivity index (χ1n) is 6.27. The summed E-state index contributed by atoms with van der Waals surface area (Å²) in [5, 5.41) is 19.9. The molecule has 1 saturated carbocycles. The average Bonchev–Trinajstić information content (AvgIpc) is 2.39. The molecule has 1 aliphatic rings. The zero-order valence-electron chi connectivity index (χ0n) is 10.1. The molecule has 0 spiro atoms. The third kappa shape index (κ3) is 2.25. The number of halogens is 1. The SMILES string of the molecule is O=C(O)C(O)(c1ccc(F)cc1)C1CCCCC1. The van der Waals surface area contributed by atoms with Gasteiger partial charge in [0.25, 0.3) is 0 Å². The van der Waals surface area contributed by atoms with Crippen molar-refractivity contribution >= 4 is 5.97 Å². The van der Waals surface area contributed by atoms with Gasteiger partial charge in [-0.2, -0.15) is 0 Å². The Balaban J connectivity index is 2.36. The molecular formula is C14H17FO3. The fourth-order valence-electron chi connectivity index (χ4n) is 2.76. The van der Waals surface area contributed by atoms with Crippen LogP contribution in [0, 0.1) is 11.7 Å². The normalized spacial score (nSPS) is 20.3. The molecule has 0 heterocycles. The van der Waals surface area contributed by atoms with Gasteiger partial charge in [0.1, 0.15) is 5.82 Å². The molecule has 1 aromatic carbocycles. The number of benzene rings is 1. The minimum atomic E-state index is -1.89. The van der Waals surface area contributed by atoms with Crippen molar-refractivity contribution in [3.05, 3.63) is 35.6 Å². The molecule has 18 heavy (non-hydrogen) atoms. The molecule has 1 aliphatic carbocycles. The van der Waals surface area contributed by atoms with E-state index in [0.717, 1.165) is 19.3 Å². The van der Waals surface area contributed by atoms with Crippen molar-refractivity contribution in [3.8, 4) is 0 Å². The molecule has 98 valence electrons. The highest BCUT2D eigenvalue weighted by molar-refractivity contribution is 5.79. The highest BCUT2D eigenvalue weighted by atomic mass is 19.1. The Labute approximate surface area is 105 Å². The molecule has 0 aromatic heterocycles. The van der Waals surface area contributed by atoms with E-state index in [4.69, 9.17) is 0 Å². The number of rotatable bonds is 3. The van der Waals surface area contributed by atoms with E-state index < -0.39 is 17.4 Å². The summed E-state index contributed by atoms with van der Waals surface area (Å²) in [6.45, 7) is 0. The van der Waals surface area contributed by atoms with Crippen molar-refractivity contribution in [2.24, 2.45) is 5.92 Å². The van der Waals surface area contributed by atoms with E-state index in [-0.39, 0.29) is 11.5 Å². The van der Waals surface area contributed by atoms with Gasteiger partial charge in [0, 0.05) is 5.92 Å². The molecule has 0 amide bonds. The predicted octanol–water partition coefficient (Wildman–Crippen LogP) is 2.68. The van der Waals surface area contributed by atoms with E-state index >= 15 is 0 Å². The van der Waals surface area contributed by atoms with Crippen molar-refractivity contribution in [1.82, 2.24) is 0 Å². The Bertz CT molecular complexity index is 423. The Morgan fingerprint density at radius 3 is 2.22 bits per heavy atom. The molecule has 1 fully saturated rings. The van der Waals surface area contributed by atoms with Crippen LogP contribution in [0.2, 0.25) is 0 Å². The third-order valence-corrected chi connectivity index (χ3v) is 3.81. The fourth-order valence-corrected chi connectivity index (χ4v) is 2.76. The number of carbonyl (C=O) groups is 1. The Morgan fingerprint density at radius 1 is 1.17 bits per heavy atom. The lowest BCUT2D eigenvalue weighted by Crippen LogP contribution is -2.43. The molecule has 0 aliphatic heterocycles. The molecule has 3 nitrogen and oxygen atoms in total. The Morgan fingerprint density at radius 2 is 1.72 bits per heavy atom. The summed E-state index contributed by atoms with van der Waals surface area (Å²) < 4.78 is 12.9. The molecule has 0 saturated heterocycles. The lowest BCUT2D eigenvalue weighted by molar-refractivity contribution is -0.168. The maximum absolute atomic E-state index is 12.9. The van der Waals surface area contributed by atoms with Crippen LogP contribution >= 0.6 is 0 Å². The lowest BCUT2D eigenvalue weighted by Gasteiger charge is -2.35. The molecule has 1 aromatic rings. The van der Waals surface area contributed by atoms with E-state index in [1.54, 1.807) is 0 Å². The molecule has 1 unspecified atom stereocenters. The highest BCUT2D eigenvalue weighted by Crippen LogP contribution is 2.39. The van der Waals surface area contributed by atoms with Crippen molar-refractivity contribution in [3.63, 3.8) is 0 Å². The van der Waals surface area contributed by atoms with Crippen LogP contribution in [0.25, 0.3) is 0 Å². The molecular weight excluding hydrogens is 235 g/mol. The summed E-state index contributed by atoms with van der Waals surface area (Å²) in [5.74, 6) is -1.98. The van der Waals surface area contributed by atoms with Crippen LogP contribution in [0.1, 0.15) is 37.7 Å². The van der Waals surface area contributed by atoms with Gasteiger partial charge in [-0.1, -0.05) is 31.4 Å². The van der Waals surface area contributed by atoms with Gasteiger partial charge in [-0.05, 0) is 30.5 Å². The highest BCUT2D eigenvalue weighted by Gasteiger charge is 2.45. The number of carboxylic acids is 1. The van der Waals surface area contributed by atoms with Crippen molar-refractivity contribution in [1.29, 1.82) is 0 Å². The van der Waals surface area contributed by atoms with Crippen LogP contribution in [-0.4, -0.2) is 16.2 Å². The quantitative estimate of drug-likeness (QED) is 0.869. The standard InChI is InChI=1S/C14H17FO3/c15-12-8-6-11(7-9-12)14(18,13(16)17)10-4-2-1-3-5-10/h6-10,18H,1-5H2,(H,16,17).